The number of carbonyl (C=O) groups excluding carboxylic acids is 1. The van der Waals surface area contributed by atoms with Crippen molar-refractivity contribution in [3.63, 3.8) is 0 Å². The van der Waals surface area contributed by atoms with E-state index in [1.165, 1.54) is 11.3 Å². The van der Waals surface area contributed by atoms with Gasteiger partial charge in [-0.1, -0.05) is 13.0 Å². The molecule has 116 valence electrons. The zero-order chi connectivity index (χ0) is 15.5. The third-order valence-corrected chi connectivity index (χ3v) is 3.85. The molecular weight excluding hydrogens is 264 g/mol. The van der Waals surface area contributed by atoms with E-state index in [4.69, 9.17) is 4.74 Å². The first-order chi connectivity index (χ1) is 9.90. The van der Waals surface area contributed by atoms with Crippen molar-refractivity contribution in [2.24, 2.45) is 0 Å². The summed E-state index contributed by atoms with van der Waals surface area (Å²) in [4.78, 5) is 18.4. The molecule has 2 rings (SSSR count). The first kappa shape index (κ1) is 15.8. The lowest BCUT2D eigenvalue weighted by atomic mass is 9.88. The molecule has 1 aromatic heterocycles. The summed E-state index contributed by atoms with van der Waals surface area (Å²) < 4.78 is 5.44. The molecule has 21 heavy (non-hydrogen) atoms. The number of carbonyl (C=O) groups is 1. The van der Waals surface area contributed by atoms with Crippen molar-refractivity contribution in [2.75, 3.05) is 13.1 Å². The van der Waals surface area contributed by atoms with E-state index in [0.717, 1.165) is 32.4 Å². The fourth-order valence-corrected chi connectivity index (χ4v) is 2.82. The normalized spacial score (nSPS) is 16.9. The summed E-state index contributed by atoms with van der Waals surface area (Å²) >= 11 is 0. The average molecular weight is 290 g/mol. The van der Waals surface area contributed by atoms with Crippen molar-refractivity contribution in [1.82, 2.24) is 9.88 Å². The van der Waals surface area contributed by atoms with E-state index >= 15 is 0 Å². The number of amides is 1. The lowest BCUT2D eigenvalue weighted by molar-refractivity contribution is 0.0204. The highest BCUT2D eigenvalue weighted by atomic mass is 16.6. The van der Waals surface area contributed by atoms with Gasteiger partial charge in [0, 0.05) is 25.0 Å². The summed E-state index contributed by atoms with van der Waals surface area (Å²) in [6.45, 7) is 9.37. The molecule has 4 heteroatoms. The molecular formula is C17H26N2O2. The molecule has 4 nitrogen and oxygen atoms in total. The lowest BCUT2D eigenvalue weighted by Gasteiger charge is -2.34. The van der Waals surface area contributed by atoms with Gasteiger partial charge in [0.1, 0.15) is 5.60 Å². The molecule has 2 heterocycles. The van der Waals surface area contributed by atoms with Crippen LogP contribution in [0.4, 0.5) is 4.79 Å². The average Bonchev–Trinajstić information content (AvgIpc) is 2.45. The van der Waals surface area contributed by atoms with Crippen molar-refractivity contribution in [3.05, 3.63) is 29.6 Å². The SMILES string of the molecule is CCc1ncccc1C1CCN(C(=O)OC(C)(C)C)CC1. The molecule has 0 radical (unpaired) electrons. The highest BCUT2D eigenvalue weighted by molar-refractivity contribution is 5.68. The standard InChI is InChI=1S/C17H26N2O2/c1-5-15-14(7-6-10-18-15)13-8-11-19(12-9-13)16(20)21-17(2,3)4/h6-7,10,13H,5,8-9,11-12H2,1-4H3. The van der Waals surface area contributed by atoms with E-state index in [-0.39, 0.29) is 6.09 Å². The Balaban J connectivity index is 1.96. The summed E-state index contributed by atoms with van der Waals surface area (Å²) in [5, 5.41) is 0. The number of piperidine rings is 1. The summed E-state index contributed by atoms with van der Waals surface area (Å²) in [5.74, 6) is 0.507. The zero-order valence-electron chi connectivity index (χ0n) is 13.6. The molecule has 0 unspecified atom stereocenters. The van der Waals surface area contributed by atoms with Crippen LogP contribution in [0.3, 0.4) is 0 Å². The predicted octanol–water partition coefficient (Wildman–Crippen LogP) is 3.76. The maximum atomic E-state index is 12.1. The highest BCUT2D eigenvalue weighted by Gasteiger charge is 2.28. The van der Waals surface area contributed by atoms with Gasteiger partial charge < -0.3 is 9.64 Å². The van der Waals surface area contributed by atoms with Crippen LogP contribution >= 0.6 is 0 Å². The Hall–Kier alpha value is -1.58. The van der Waals surface area contributed by atoms with E-state index in [9.17, 15) is 4.79 Å². The molecule has 0 N–H and O–H groups in total. The van der Waals surface area contributed by atoms with Crippen LogP contribution in [-0.2, 0) is 11.2 Å². The second kappa shape index (κ2) is 6.46. The monoisotopic (exact) mass is 290 g/mol. The number of likely N-dealkylation sites (tertiary alicyclic amines) is 1. The van der Waals surface area contributed by atoms with Crippen LogP contribution in [0.15, 0.2) is 18.3 Å². The molecule has 1 amide bonds. The van der Waals surface area contributed by atoms with Crippen LogP contribution < -0.4 is 0 Å². The molecule has 1 aliphatic rings. The number of nitrogens with zero attached hydrogens (tertiary/aromatic N) is 2. The van der Waals surface area contributed by atoms with Gasteiger partial charge in [-0.2, -0.15) is 0 Å². The Bertz CT molecular complexity index is 486. The van der Waals surface area contributed by atoms with Gasteiger partial charge in [-0.15, -0.1) is 0 Å². The molecule has 1 aromatic rings. The van der Waals surface area contributed by atoms with Gasteiger partial charge in [0.25, 0.3) is 0 Å². The van der Waals surface area contributed by atoms with Crippen LogP contribution in [0.2, 0.25) is 0 Å². The molecule has 1 aliphatic heterocycles. The van der Waals surface area contributed by atoms with Gasteiger partial charge >= 0.3 is 6.09 Å². The molecule has 0 aliphatic carbocycles. The number of aromatic nitrogens is 1. The van der Waals surface area contributed by atoms with E-state index in [1.807, 2.05) is 37.9 Å². The van der Waals surface area contributed by atoms with Gasteiger partial charge in [-0.05, 0) is 57.6 Å². The van der Waals surface area contributed by atoms with Crippen molar-refractivity contribution < 1.29 is 9.53 Å². The van der Waals surface area contributed by atoms with Crippen molar-refractivity contribution in [1.29, 1.82) is 0 Å². The second-order valence-electron chi connectivity index (χ2n) is 6.63. The lowest BCUT2D eigenvalue weighted by Crippen LogP contribution is -2.41. The molecule has 0 aromatic carbocycles. The van der Waals surface area contributed by atoms with Crippen LogP contribution in [0.1, 0.15) is 57.7 Å². The van der Waals surface area contributed by atoms with Crippen molar-refractivity contribution >= 4 is 6.09 Å². The molecule has 1 saturated heterocycles. The molecule has 0 atom stereocenters. The Morgan fingerprint density at radius 1 is 1.38 bits per heavy atom. The topological polar surface area (TPSA) is 42.4 Å². The van der Waals surface area contributed by atoms with Gasteiger partial charge in [0.2, 0.25) is 0 Å². The number of pyridine rings is 1. The quantitative estimate of drug-likeness (QED) is 0.833. The van der Waals surface area contributed by atoms with Crippen molar-refractivity contribution in [3.8, 4) is 0 Å². The summed E-state index contributed by atoms with van der Waals surface area (Å²) in [6, 6.07) is 4.19. The molecule has 0 saturated carbocycles. The Kier molecular flexibility index (Phi) is 4.86. The number of ether oxygens (including phenoxy) is 1. The van der Waals surface area contributed by atoms with E-state index in [1.54, 1.807) is 0 Å². The second-order valence-corrected chi connectivity index (χ2v) is 6.63. The fourth-order valence-electron chi connectivity index (χ4n) is 2.82. The van der Waals surface area contributed by atoms with Gasteiger partial charge in [-0.25, -0.2) is 4.79 Å². The first-order valence-corrected chi connectivity index (χ1v) is 7.82. The third kappa shape index (κ3) is 4.19. The molecule has 0 spiro atoms. The fraction of sp³-hybridized carbons (Fsp3) is 0.647. The predicted molar refractivity (Wildman–Crippen MR) is 83.4 cm³/mol. The summed E-state index contributed by atoms with van der Waals surface area (Å²) in [5.41, 5.74) is 2.11. The van der Waals surface area contributed by atoms with Crippen LogP contribution in [-0.4, -0.2) is 34.7 Å². The number of rotatable bonds is 2. The van der Waals surface area contributed by atoms with Gasteiger partial charge in [0.15, 0.2) is 0 Å². The summed E-state index contributed by atoms with van der Waals surface area (Å²) in [6.07, 6.45) is 4.60. The van der Waals surface area contributed by atoms with Crippen LogP contribution in [0, 0.1) is 0 Å². The number of hydrogen-bond donors (Lipinski definition) is 0. The van der Waals surface area contributed by atoms with E-state index < -0.39 is 5.60 Å². The van der Waals surface area contributed by atoms with Crippen LogP contribution in [0.5, 0.6) is 0 Å². The largest absolute Gasteiger partial charge is 0.444 e. The minimum atomic E-state index is -0.424. The number of hydrogen-bond acceptors (Lipinski definition) is 3. The number of aryl methyl sites for hydroxylation is 1. The molecule has 0 bridgehead atoms. The third-order valence-electron chi connectivity index (χ3n) is 3.85. The smallest absolute Gasteiger partial charge is 0.410 e. The Morgan fingerprint density at radius 3 is 2.62 bits per heavy atom. The minimum Gasteiger partial charge on any atom is -0.444 e. The Labute approximate surface area is 127 Å². The maximum Gasteiger partial charge on any atom is 0.410 e. The van der Waals surface area contributed by atoms with E-state index in [2.05, 4.69) is 18.0 Å². The Morgan fingerprint density at radius 2 is 2.05 bits per heavy atom. The van der Waals surface area contributed by atoms with Gasteiger partial charge in [0.05, 0.1) is 0 Å². The summed E-state index contributed by atoms with van der Waals surface area (Å²) in [7, 11) is 0. The zero-order valence-corrected chi connectivity index (χ0v) is 13.6. The first-order valence-electron chi connectivity index (χ1n) is 7.82. The highest BCUT2D eigenvalue weighted by Crippen LogP contribution is 2.30. The van der Waals surface area contributed by atoms with E-state index in [0.29, 0.717) is 5.92 Å². The maximum absolute atomic E-state index is 12.1. The minimum absolute atomic E-state index is 0.192. The van der Waals surface area contributed by atoms with Gasteiger partial charge in [-0.3, -0.25) is 4.98 Å². The molecule has 1 fully saturated rings. The van der Waals surface area contributed by atoms with Crippen LogP contribution in [0.25, 0.3) is 0 Å². The van der Waals surface area contributed by atoms with Crippen molar-refractivity contribution in [2.45, 2.75) is 58.5 Å².